The van der Waals surface area contributed by atoms with Crippen molar-refractivity contribution in [3.8, 4) is 34.1 Å². The lowest BCUT2D eigenvalue weighted by atomic mass is 9.88. The summed E-state index contributed by atoms with van der Waals surface area (Å²) in [7, 11) is 0. The zero-order chi connectivity index (χ0) is 36.2. The van der Waals surface area contributed by atoms with Crippen LogP contribution in [-0.2, 0) is 18.3 Å². The monoisotopic (exact) mass is 674 g/mol. The lowest BCUT2D eigenvalue weighted by Gasteiger charge is -2.20. The minimum atomic E-state index is 0.00676. The van der Waals surface area contributed by atoms with Crippen LogP contribution >= 0.6 is 0 Å². The molecule has 3 heterocycles. The molecule has 5 heteroatoms. The molecule has 0 aliphatic carbocycles. The van der Waals surface area contributed by atoms with Crippen LogP contribution in [0.4, 0.5) is 0 Å². The molecule has 260 valence electrons. The molecular weight excluding hydrogens is 625 g/mol. The lowest BCUT2D eigenvalue weighted by Crippen LogP contribution is -2.12. The van der Waals surface area contributed by atoms with Crippen molar-refractivity contribution in [3.63, 3.8) is 0 Å². The van der Waals surface area contributed by atoms with E-state index in [1.54, 1.807) is 0 Å². The molecule has 51 heavy (non-hydrogen) atoms. The molecule has 4 aromatic carbocycles. The molecule has 0 aliphatic heterocycles. The van der Waals surface area contributed by atoms with Gasteiger partial charge in [0.1, 0.15) is 17.3 Å². The summed E-state index contributed by atoms with van der Waals surface area (Å²) in [5, 5.41) is 7.52. The maximum atomic E-state index is 6.78. The summed E-state index contributed by atoms with van der Waals surface area (Å²) < 4.78 is 11.1. The molecule has 0 atom stereocenters. The van der Waals surface area contributed by atoms with Gasteiger partial charge in [-0.1, -0.05) is 84.4 Å². The molecule has 5 nitrogen and oxygen atoms in total. The third kappa shape index (κ3) is 6.24. The predicted octanol–water partition coefficient (Wildman–Crippen LogP) is 12.3. The predicted molar refractivity (Wildman–Crippen MR) is 213 cm³/mol. The van der Waals surface area contributed by atoms with Crippen molar-refractivity contribution in [2.24, 2.45) is 0 Å². The molecule has 0 saturated carbocycles. The normalized spacial score (nSPS) is 12.1. The summed E-state index contributed by atoms with van der Waals surface area (Å²) in [6, 6.07) is 30.5. The van der Waals surface area contributed by atoms with Crippen molar-refractivity contribution in [3.05, 3.63) is 130 Å². The lowest BCUT2D eigenvalue weighted by molar-refractivity contribution is 0.481. The number of nitrogens with zero attached hydrogens (tertiary/aromatic N) is 4. The molecule has 0 fully saturated rings. The van der Waals surface area contributed by atoms with Crippen LogP contribution in [0, 0.1) is 20.8 Å². The Hall–Kier alpha value is -5.16. The van der Waals surface area contributed by atoms with Gasteiger partial charge in [0, 0.05) is 40.4 Å². The van der Waals surface area contributed by atoms with Gasteiger partial charge in [0.15, 0.2) is 0 Å². The van der Waals surface area contributed by atoms with Gasteiger partial charge < -0.3 is 4.74 Å². The van der Waals surface area contributed by atoms with Gasteiger partial charge in [-0.3, -0.25) is 4.57 Å². The smallest absolute Gasteiger partial charge is 0.137 e. The first-order chi connectivity index (χ1) is 24.4. The van der Waals surface area contributed by atoms with Crippen LogP contribution in [0.15, 0.2) is 91.1 Å². The standard InChI is InChI=1S/C46H50N4O/c1-11-32-21-29(5)22-33(12-2)45(32)44-30(6)48-50(31(44)7)36-23-34(28(3)4)24-38(26-36)51-37-17-18-40-39-15-13-14-16-41(39)49(42(40)27-37)43-25-35(19-20-47-43)46(8,9)10/h13-28H,11-12H2,1-10H3. The van der Waals surface area contributed by atoms with Crippen LogP contribution in [0.25, 0.3) is 44.4 Å². The zero-order valence-electron chi connectivity index (χ0n) is 31.8. The first-order valence-corrected chi connectivity index (χ1v) is 18.4. The van der Waals surface area contributed by atoms with E-state index in [4.69, 9.17) is 14.8 Å². The van der Waals surface area contributed by atoms with Crippen LogP contribution in [0.2, 0.25) is 0 Å². The summed E-state index contributed by atoms with van der Waals surface area (Å²) in [4.78, 5) is 4.86. The number of rotatable bonds is 8. The summed E-state index contributed by atoms with van der Waals surface area (Å²) in [5.41, 5.74) is 14.5. The molecule has 0 N–H and O–H groups in total. The quantitative estimate of drug-likeness (QED) is 0.161. The Morgan fingerprint density at radius 1 is 0.725 bits per heavy atom. The second kappa shape index (κ2) is 13.2. The van der Waals surface area contributed by atoms with E-state index in [9.17, 15) is 0 Å². The Kier molecular flexibility index (Phi) is 8.87. The average Bonchev–Trinajstić information content (AvgIpc) is 3.59. The number of ether oxygens (including phenoxy) is 1. The molecule has 0 spiro atoms. The number of aromatic nitrogens is 4. The van der Waals surface area contributed by atoms with Crippen LogP contribution < -0.4 is 4.74 Å². The SMILES string of the molecule is CCc1cc(C)cc(CC)c1-c1c(C)nn(-c2cc(Oc3ccc4c5ccccc5n(-c5cc(C(C)(C)C)ccn5)c4c3)cc(C(C)C)c2)c1C. The molecule has 7 aromatic rings. The molecular formula is C46H50N4O. The Balaban J connectivity index is 1.34. The largest absolute Gasteiger partial charge is 0.457 e. The van der Waals surface area contributed by atoms with E-state index >= 15 is 0 Å². The van der Waals surface area contributed by atoms with Crippen LogP contribution in [-0.4, -0.2) is 19.3 Å². The number of para-hydroxylation sites is 1. The Morgan fingerprint density at radius 2 is 1.43 bits per heavy atom. The van der Waals surface area contributed by atoms with E-state index in [1.807, 2.05) is 6.20 Å². The highest BCUT2D eigenvalue weighted by atomic mass is 16.5. The first-order valence-electron chi connectivity index (χ1n) is 18.4. The number of pyridine rings is 1. The van der Waals surface area contributed by atoms with E-state index in [1.165, 1.54) is 49.7 Å². The molecule has 0 unspecified atom stereocenters. The average molecular weight is 675 g/mol. The van der Waals surface area contributed by atoms with Gasteiger partial charge in [-0.25, -0.2) is 9.67 Å². The Morgan fingerprint density at radius 3 is 2.12 bits per heavy atom. The fourth-order valence-electron chi connectivity index (χ4n) is 7.60. The highest BCUT2D eigenvalue weighted by Gasteiger charge is 2.22. The number of aryl methyl sites for hydroxylation is 4. The maximum Gasteiger partial charge on any atom is 0.137 e. The molecule has 0 amide bonds. The Labute approximate surface area is 302 Å². The summed E-state index contributed by atoms with van der Waals surface area (Å²) >= 11 is 0. The van der Waals surface area contributed by atoms with Crippen molar-refractivity contribution in [1.29, 1.82) is 0 Å². The second-order valence-corrected chi connectivity index (χ2v) is 15.3. The van der Waals surface area contributed by atoms with Gasteiger partial charge >= 0.3 is 0 Å². The van der Waals surface area contributed by atoms with Crippen molar-refractivity contribution in [2.45, 2.75) is 93.4 Å². The van der Waals surface area contributed by atoms with Crippen LogP contribution in [0.3, 0.4) is 0 Å². The van der Waals surface area contributed by atoms with Crippen molar-refractivity contribution in [1.82, 2.24) is 19.3 Å². The third-order valence-electron chi connectivity index (χ3n) is 10.3. The van der Waals surface area contributed by atoms with E-state index in [0.29, 0.717) is 5.92 Å². The summed E-state index contributed by atoms with van der Waals surface area (Å²) in [6.07, 6.45) is 3.89. The highest BCUT2D eigenvalue weighted by molar-refractivity contribution is 6.09. The van der Waals surface area contributed by atoms with E-state index in [0.717, 1.165) is 58.3 Å². The van der Waals surface area contributed by atoms with E-state index < -0.39 is 0 Å². The maximum absolute atomic E-state index is 6.78. The van der Waals surface area contributed by atoms with Crippen molar-refractivity contribution < 1.29 is 4.74 Å². The van der Waals surface area contributed by atoms with Crippen LogP contribution in [0.5, 0.6) is 11.5 Å². The fraction of sp³-hybridized carbons (Fsp3) is 0.304. The number of hydrogen-bond acceptors (Lipinski definition) is 3. The van der Waals surface area contributed by atoms with Gasteiger partial charge in [-0.2, -0.15) is 5.10 Å². The van der Waals surface area contributed by atoms with Gasteiger partial charge in [-0.15, -0.1) is 0 Å². The summed E-state index contributed by atoms with van der Waals surface area (Å²) in [6.45, 7) is 22.2. The van der Waals surface area contributed by atoms with Gasteiger partial charge in [-0.05, 0) is 115 Å². The fourth-order valence-corrected chi connectivity index (χ4v) is 7.60. The summed E-state index contributed by atoms with van der Waals surface area (Å²) in [5.74, 6) is 2.78. The van der Waals surface area contributed by atoms with Crippen molar-refractivity contribution in [2.75, 3.05) is 0 Å². The van der Waals surface area contributed by atoms with E-state index in [-0.39, 0.29) is 5.41 Å². The van der Waals surface area contributed by atoms with Gasteiger partial charge in [0.2, 0.25) is 0 Å². The van der Waals surface area contributed by atoms with Crippen molar-refractivity contribution >= 4 is 21.8 Å². The minimum absolute atomic E-state index is 0.00676. The van der Waals surface area contributed by atoms with Gasteiger partial charge in [0.05, 0.1) is 22.4 Å². The number of fused-ring (bicyclic) bond motifs is 3. The molecule has 0 radical (unpaired) electrons. The molecule has 0 saturated heterocycles. The highest BCUT2D eigenvalue weighted by Crippen LogP contribution is 2.39. The number of hydrogen-bond donors (Lipinski definition) is 0. The first kappa shape index (κ1) is 34.3. The third-order valence-corrected chi connectivity index (χ3v) is 10.3. The minimum Gasteiger partial charge on any atom is -0.457 e. The second-order valence-electron chi connectivity index (χ2n) is 15.3. The van der Waals surface area contributed by atoms with Gasteiger partial charge in [0.25, 0.3) is 0 Å². The molecule has 7 rings (SSSR count). The zero-order valence-corrected chi connectivity index (χ0v) is 31.8. The Bertz CT molecular complexity index is 2390. The van der Waals surface area contributed by atoms with Crippen LogP contribution in [0.1, 0.15) is 93.6 Å². The molecule has 3 aromatic heterocycles. The number of benzene rings is 4. The molecule has 0 aliphatic rings. The van der Waals surface area contributed by atoms with E-state index in [2.05, 4.69) is 163 Å². The topological polar surface area (TPSA) is 44.9 Å². The molecule has 0 bridgehead atoms.